The molecule has 1 aromatic rings. The van der Waals surface area contributed by atoms with Gasteiger partial charge in [-0.15, -0.1) is 0 Å². The maximum atomic E-state index is 5.70. The van der Waals surface area contributed by atoms with Gasteiger partial charge >= 0.3 is 0 Å². The van der Waals surface area contributed by atoms with Crippen molar-refractivity contribution in [2.75, 3.05) is 6.61 Å². The minimum Gasteiger partial charge on any atom is -0.489 e. The molecule has 0 aliphatic carbocycles. The van der Waals surface area contributed by atoms with Crippen molar-refractivity contribution in [2.45, 2.75) is 27.2 Å². The van der Waals surface area contributed by atoms with Crippen LogP contribution in [-0.4, -0.2) is 6.61 Å². The number of ether oxygens (including phenoxy) is 1. The van der Waals surface area contributed by atoms with Gasteiger partial charge in [0.25, 0.3) is 0 Å². The lowest BCUT2D eigenvalue weighted by molar-refractivity contribution is 0.354. The van der Waals surface area contributed by atoms with E-state index in [-0.39, 0.29) is 0 Å². The largest absolute Gasteiger partial charge is 0.489 e. The van der Waals surface area contributed by atoms with Crippen molar-refractivity contribution in [1.29, 1.82) is 0 Å². The highest BCUT2D eigenvalue weighted by atomic mass is 16.5. The van der Waals surface area contributed by atoms with Crippen molar-refractivity contribution in [3.63, 3.8) is 0 Å². The van der Waals surface area contributed by atoms with Gasteiger partial charge in [-0.3, -0.25) is 0 Å². The van der Waals surface area contributed by atoms with E-state index in [2.05, 4.69) is 45.5 Å². The van der Waals surface area contributed by atoms with Crippen LogP contribution >= 0.6 is 0 Å². The normalized spacial score (nSPS) is 10.4. The zero-order chi connectivity index (χ0) is 11.3. The van der Waals surface area contributed by atoms with Crippen LogP contribution in [0.3, 0.4) is 0 Å². The number of hydrogen-bond acceptors (Lipinski definition) is 1. The minimum atomic E-state index is 0.579. The lowest BCUT2D eigenvalue weighted by atomic mass is 10.00. The summed E-state index contributed by atoms with van der Waals surface area (Å²) < 4.78 is 5.70. The Morgan fingerprint density at radius 2 is 2.13 bits per heavy atom. The summed E-state index contributed by atoms with van der Waals surface area (Å²) in [6.45, 7) is 10.8. The van der Waals surface area contributed by atoms with Crippen molar-refractivity contribution < 1.29 is 4.74 Å². The van der Waals surface area contributed by atoms with E-state index in [1.54, 1.807) is 6.08 Å². The molecule has 1 aromatic carbocycles. The second kappa shape index (κ2) is 5.59. The zero-order valence-corrected chi connectivity index (χ0v) is 9.92. The van der Waals surface area contributed by atoms with E-state index in [1.807, 2.05) is 0 Å². The molecule has 0 atom stereocenters. The molecule has 0 aliphatic heterocycles. The summed E-state index contributed by atoms with van der Waals surface area (Å²) in [7, 11) is 0. The average molecular weight is 204 g/mol. The quantitative estimate of drug-likeness (QED) is 0.664. The molecule has 0 amide bonds. The smallest absolute Gasteiger partial charge is 0.125 e. The summed E-state index contributed by atoms with van der Waals surface area (Å²) in [6.07, 6.45) is 2.85. The van der Waals surface area contributed by atoms with E-state index >= 15 is 0 Å². The first kappa shape index (κ1) is 11.8. The van der Waals surface area contributed by atoms with Gasteiger partial charge in [-0.25, -0.2) is 0 Å². The molecule has 1 nitrogen and oxygen atoms in total. The van der Waals surface area contributed by atoms with Crippen LogP contribution in [0.1, 0.15) is 25.0 Å². The van der Waals surface area contributed by atoms with Gasteiger partial charge < -0.3 is 4.74 Å². The average Bonchev–Trinajstić information content (AvgIpc) is 2.16. The van der Waals surface area contributed by atoms with Crippen molar-refractivity contribution in [3.05, 3.63) is 42.0 Å². The van der Waals surface area contributed by atoms with Crippen molar-refractivity contribution in [3.8, 4) is 5.75 Å². The third-order valence-corrected chi connectivity index (χ3v) is 2.27. The Hall–Kier alpha value is -1.24. The predicted octanol–water partition coefficient (Wildman–Crippen LogP) is 3.76. The monoisotopic (exact) mass is 204 g/mol. The number of para-hydroxylation sites is 1. The van der Waals surface area contributed by atoms with Crippen LogP contribution in [0.2, 0.25) is 0 Å². The van der Waals surface area contributed by atoms with Crippen LogP contribution in [0.15, 0.2) is 30.9 Å². The third-order valence-electron chi connectivity index (χ3n) is 2.27. The highest BCUT2D eigenvalue weighted by molar-refractivity contribution is 5.41. The second-order valence-electron chi connectivity index (χ2n) is 4.26. The Bertz CT molecular complexity index is 326. The summed E-state index contributed by atoms with van der Waals surface area (Å²) in [5.41, 5.74) is 2.50. The van der Waals surface area contributed by atoms with Gasteiger partial charge in [0.1, 0.15) is 12.4 Å². The highest BCUT2D eigenvalue weighted by Gasteiger charge is 2.07. The van der Waals surface area contributed by atoms with E-state index in [9.17, 15) is 0 Å². The predicted molar refractivity (Wildman–Crippen MR) is 65.4 cm³/mol. The summed E-state index contributed by atoms with van der Waals surface area (Å²) in [4.78, 5) is 0. The fourth-order valence-corrected chi connectivity index (χ4v) is 1.66. The number of hydrogen-bond donors (Lipinski definition) is 0. The number of aryl methyl sites for hydroxylation is 1. The van der Waals surface area contributed by atoms with Gasteiger partial charge in [0, 0.05) is 0 Å². The number of benzene rings is 1. The van der Waals surface area contributed by atoms with Crippen LogP contribution in [-0.2, 0) is 6.42 Å². The Morgan fingerprint density at radius 1 is 1.40 bits per heavy atom. The highest BCUT2D eigenvalue weighted by Crippen LogP contribution is 2.25. The van der Waals surface area contributed by atoms with Crippen molar-refractivity contribution in [1.82, 2.24) is 0 Å². The zero-order valence-electron chi connectivity index (χ0n) is 9.92. The van der Waals surface area contributed by atoms with E-state index in [1.165, 1.54) is 11.1 Å². The van der Waals surface area contributed by atoms with Crippen molar-refractivity contribution >= 4 is 0 Å². The van der Waals surface area contributed by atoms with Gasteiger partial charge in [-0.05, 0) is 30.4 Å². The maximum Gasteiger partial charge on any atom is 0.125 e. The SMILES string of the molecule is C=CCOc1c(C)cccc1CC(C)C. The first-order chi connectivity index (χ1) is 7.15. The third kappa shape index (κ3) is 3.43. The molecule has 0 radical (unpaired) electrons. The molecule has 0 bridgehead atoms. The Kier molecular flexibility index (Phi) is 4.41. The van der Waals surface area contributed by atoms with Crippen LogP contribution in [0.25, 0.3) is 0 Å². The molecule has 1 heteroatoms. The molecule has 0 saturated carbocycles. The molecular formula is C14H20O. The number of rotatable bonds is 5. The van der Waals surface area contributed by atoms with Gasteiger partial charge in [0.2, 0.25) is 0 Å². The Labute approximate surface area is 92.8 Å². The standard InChI is InChI=1S/C14H20O/c1-5-9-15-14-12(4)7-6-8-13(14)10-11(2)3/h5-8,11H,1,9-10H2,2-4H3. The van der Waals surface area contributed by atoms with E-state index in [0.29, 0.717) is 12.5 Å². The van der Waals surface area contributed by atoms with Gasteiger partial charge in [-0.1, -0.05) is 44.7 Å². The first-order valence-electron chi connectivity index (χ1n) is 5.47. The molecule has 15 heavy (non-hydrogen) atoms. The van der Waals surface area contributed by atoms with Gasteiger partial charge in [0.05, 0.1) is 0 Å². The summed E-state index contributed by atoms with van der Waals surface area (Å²) >= 11 is 0. The molecule has 0 spiro atoms. The molecule has 1 rings (SSSR count). The molecule has 0 saturated heterocycles. The fraction of sp³-hybridized carbons (Fsp3) is 0.429. The topological polar surface area (TPSA) is 9.23 Å². The lowest BCUT2D eigenvalue weighted by Gasteiger charge is -2.14. The van der Waals surface area contributed by atoms with Crippen LogP contribution in [0.5, 0.6) is 5.75 Å². The molecule has 0 fully saturated rings. The molecule has 82 valence electrons. The first-order valence-corrected chi connectivity index (χ1v) is 5.47. The molecule has 0 aromatic heterocycles. The fourth-order valence-electron chi connectivity index (χ4n) is 1.66. The van der Waals surface area contributed by atoms with Crippen LogP contribution < -0.4 is 4.74 Å². The molecule has 0 aliphatic rings. The van der Waals surface area contributed by atoms with Gasteiger partial charge in [-0.2, -0.15) is 0 Å². The minimum absolute atomic E-state index is 0.579. The van der Waals surface area contributed by atoms with Crippen molar-refractivity contribution in [2.24, 2.45) is 5.92 Å². The van der Waals surface area contributed by atoms with Crippen LogP contribution in [0, 0.1) is 12.8 Å². The maximum absolute atomic E-state index is 5.70. The van der Waals surface area contributed by atoms with E-state index in [0.717, 1.165) is 12.2 Å². The summed E-state index contributed by atoms with van der Waals surface area (Å²) in [5.74, 6) is 1.68. The van der Waals surface area contributed by atoms with E-state index in [4.69, 9.17) is 4.74 Å². The Morgan fingerprint density at radius 3 is 2.73 bits per heavy atom. The molecule has 0 N–H and O–H groups in total. The molecular weight excluding hydrogens is 184 g/mol. The van der Waals surface area contributed by atoms with Crippen LogP contribution in [0.4, 0.5) is 0 Å². The molecule has 0 unspecified atom stereocenters. The second-order valence-corrected chi connectivity index (χ2v) is 4.26. The Balaban J connectivity index is 2.91. The van der Waals surface area contributed by atoms with Gasteiger partial charge in [0.15, 0.2) is 0 Å². The summed E-state index contributed by atoms with van der Waals surface area (Å²) in [6, 6.07) is 6.32. The lowest BCUT2D eigenvalue weighted by Crippen LogP contribution is -2.02. The summed E-state index contributed by atoms with van der Waals surface area (Å²) in [5, 5.41) is 0. The van der Waals surface area contributed by atoms with E-state index < -0.39 is 0 Å². The molecule has 0 heterocycles.